The number of aromatic nitrogens is 2. The highest BCUT2D eigenvalue weighted by Gasteiger charge is 2.36. The molecule has 0 bridgehead atoms. The minimum atomic E-state index is -4.81. The van der Waals surface area contributed by atoms with E-state index in [9.17, 15) is 32.7 Å². The lowest BCUT2D eigenvalue weighted by atomic mass is 9.75. The summed E-state index contributed by atoms with van der Waals surface area (Å²) in [5.41, 5.74) is 0.920. The molecule has 1 amide bonds. The van der Waals surface area contributed by atoms with Crippen molar-refractivity contribution in [1.82, 2.24) is 15.3 Å². The predicted octanol–water partition coefficient (Wildman–Crippen LogP) is 6.26. The number of nitrogens with zero attached hydrogens (tertiary/aromatic N) is 2. The number of alkyl halides is 3. The molecule has 0 radical (unpaired) electrons. The van der Waals surface area contributed by atoms with Crippen LogP contribution < -0.4 is 20.7 Å². The van der Waals surface area contributed by atoms with E-state index in [0.29, 0.717) is 55.5 Å². The second kappa shape index (κ2) is 15.6. The summed E-state index contributed by atoms with van der Waals surface area (Å²) in [6.45, 7) is 1.99. The van der Waals surface area contributed by atoms with E-state index in [1.165, 1.54) is 20.2 Å². The quantitative estimate of drug-likeness (QED) is 0.132. The molecule has 1 aliphatic rings. The standard InChI is InChI=1S/C31H37F3N5O6P/c1-4-45-46(43)17-18-5-8-25(27(13-18)44-3)38-30-36-16-23(31(32,33)34)28(39-30)37-24-9-6-20(15-22(24)29(42)35-2)19-7-10-26(41)21(14-19)11-12-40/h5-6,8-9,13,15-16,19,21,26,40-41H,4,7,10-12,14,17H2,1-3H3,(H2-,35,36,37,38,39,42)/p+1. The van der Waals surface area contributed by atoms with Gasteiger partial charge in [0.1, 0.15) is 17.1 Å². The van der Waals surface area contributed by atoms with E-state index >= 15 is 0 Å². The third-order valence-electron chi connectivity index (χ3n) is 7.87. The molecule has 11 nitrogen and oxygen atoms in total. The van der Waals surface area contributed by atoms with Crippen LogP contribution >= 0.6 is 8.03 Å². The summed E-state index contributed by atoms with van der Waals surface area (Å²) >= 11 is 0. The Morgan fingerprint density at radius 2 is 1.89 bits per heavy atom. The fourth-order valence-electron chi connectivity index (χ4n) is 5.54. The van der Waals surface area contributed by atoms with Gasteiger partial charge in [-0.3, -0.25) is 4.79 Å². The van der Waals surface area contributed by atoms with Crippen molar-refractivity contribution >= 4 is 37.1 Å². The van der Waals surface area contributed by atoms with Crippen LogP contribution in [0.4, 0.5) is 36.3 Å². The maximum Gasteiger partial charge on any atom is 0.512 e. The van der Waals surface area contributed by atoms with Gasteiger partial charge in [0, 0.05) is 25.4 Å². The van der Waals surface area contributed by atoms with Gasteiger partial charge < -0.3 is 30.9 Å². The summed E-state index contributed by atoms with van der Waals surface area (Å²) in [5.74, 6) is -1.03. The maximum absolute atomic E-state index is 14.1. The summed E-state index contributed by atoms with van der Waals surface area (Å²) in [7, 11) is 0.932. The maximum atomic E-state index is 14.1. The summed E-state index contributed by atoms with van der Waals surface area (Å²) in [6.07, 6.45) is -2.26. The van der Waals surface area contributed by atoms with Crippen LogP contribution in [0.25, 0.3) is 0 Å². The number of hydrogen-bond donors (Lipinski definition) is 5. The minimum absolute atomic E-state index is 0.000782. The Morgan fingerprint density at radius 1 is 1.13 bits per heavy atom. The molecule has 15 heteroatoms. The number of nitrogens with one attached hydrogen (secondary N) is 3. The lowest BCUT2D eigenvalue weighted by Crippen LogP contribution is -2.29. The van der Waals surface area contributed by atoms with Crippen LogP contribution in [-0.4, -0.2) is 59.6 Å². The Morgan fingerprint density at radius 3 is 2.57 bits per heavy atom. The highest BCUT2D eigenvalue weighted by Crippen LogP contribution is 2.41. The Balaban J connectivity index is 1.65. The van der Waals surface area contributed by atoms with E-state index < -0.39 is 37.6 Å². The zero-order valence-electron chi connectivity index (χ0n) is 25.7. The Hall–Kier alpha value is -3.84. The van der Waals surface area contributed by atoms with Crippen molar-refractivity contribution in [3.05, 3.63) is 64.8 Å². The number of halogens is 3. The highest BCUT2D eigenvalue weighted by atomic mass is 31.1. The normalized spacial score (nSPS) is 18.5. The van der Waals surface area contributed by atoms with Gasteiger partial charge in [-0.05, 0) is 78.8 Å². The third kappa shape index (κ3) is 8.69. The van der Waals surface area contributed by atoms with Crippen molar-refractivity contribution in [2.75, 3.05) is 38.0 Å². The number of methoxy groups -OCH3 is 1. The van der Waals surface area contributed by atoms with Gasteiger partial charge in [-0.25, -0.2) is 4.98 Å². The molecule has 1 heterocycles. The number of hydrogen-bond acceptors (Lipinski definition) is 10. The lowest BCUT2D eigenvalue weighted by Gasteiger charge is -2.33. The smallest absolute Gasteiger partial charge is 0.495 e. The number of rotatable bonds is 13. The molecule has 4 atom stereocenters. The number of ether oxygens (including phenoxy) is 1. The molecular weight excluding hydrogens is 626 g/mol. The summed E-state index contributed by atoms with van der Waals surface area (Å²) < 4.78 is 64.8. The third-order valence-corrected chi connectivity index (χ3v) is 9.04. The molecule has 0 spiro atoms. The van der Waals surface area contributed by atoms with Crippen molar-refractivity contribution in [1.29, 1.82) is 0 Å². The number of carbonyl (C=O) groups is 1. The number of aliphatic hydroxyl groups is 2. The Bertz CT molecular complexity index is 1540. The highest BCUT2D eigenvalue weighted by molar-refractivity contribution is 7.38. The van der Waals surface area contributed by atoms with Crippen LogP contribution in [0.3, 0.4) is 0 Å². The first kappa shape index (κ1) is 35.0. The van der Waals surface area contributed by atoms with Crippen LogP contribution in [-0.2, 0) is 21.4 Å². The van der Waals surface area contributed by atoms with Gasteiger partial charge in [0.05, 0.1) is 36.8 Å². The van der Waals surface area contributed by atoms with Gasteiger partial charge in [0.25, 0.3) is 5.91 Å². The van der Waals surface area contributed by atoms with Crippen molar-refractivity contribution in [2.24, 2.45) is 5.92 Å². The second-order valence-electron chi connectivity index (χ2n) is 10.9. The number of aliphatic hydroxyl groups excluding tert-OH is 2. The van der Waals surface area contributed by atoms with E-state index in [0.717, 1.165) is 5.56 Å². The molecule has 3 aromatic rings. The van der Waals surface area contributed by atoms with Gasteiger partial charge >= 0.3 is 14.2 Å². The largest absolute Gasteiger partial charge is 0.512 e. The van der Waals surface area contributed by atoms with Gasteiger partial charge in [-0.15, -0.1) is 4.52 Å². The van der Waals surface area contributed by atoms with E-state index in [2.05, 4.69) is 25.9 Å². The summed E-state index contributed by atoms with van der Waals surface area (Å²) in [4.78, 5) is 20.9. The number of benzene rings is 2. The minimum Gasteiger partial charge on any atom is -0.495 e. The molecule has 1 saturated carbocycles. The zero-order chi connectivity index (χ0) is 33.4. The molecule has 248 valence electrons. The van der Waals surface area contributed by atoms with E-state index in [-0.39, 0.29) is 41.8 Å². The second-order valence-corrected chi connectivity index (χ2v) is 12.1. The van der Waals surface area contributed by atoms with Crippen LogP contribution in [0.1, 0.15) is 65.6 Å². The number of carbonyl (C=O) groups excluding carboxylic acids is 1. The average Bonchev–Trinajstić information content (AvgIpc) is 3.02. The molecular formula is C31H38F3N5O6P+. The topological polar surface area (TPSA) is 155 Å². The first-order valence-electron chi connectivity index (χ1n) is 14.8. The molecule has 1 fully saturated rings. The van der Waals surface area contributed by atoms with Gasteiger partial charge in [-0.1, -0.05) is 12.1 Å². The average molecular weight is 665 g/mol. The molecule has 46 heavy (non-hydrogen) atoms. The monoisotopic (exact) mass is 664 g/mol. The van der Waals surface area contributed by atoms with E-state index in [1.807, 2.05) is 0 Å². The van der Waals surface area contributed by atoms with Crippen molar-refractivity contribution < 1.29 is 42.0 Å². The van der Waals surface area contributed by atoms with Gasteiger partial charge in [0.15, 0.2) is 0 Å². The number of anilines is 4. The lowest BCUT2D eigenvalue weighted by molar-refractivity contribution is -0.137. The van der Waals surface area contributed by atoms with Crippen LogP contribution in [0.15, 0.2) is 42.6 Å². The van der Waals surface area contributed by atoms with Crippen molar-refractivity contribution in [3.63, 3.8) is 0 Å². The molecule has 1 aliphatic carbocycles. The van der Waals surface area contributed by atoms with Crippen LogP contribution in [0.2, 0.25) is 0 Å². The predicted molar refractivity (Wildman–Crippen MR) is 167 cm³/mol. The number of amides is 1. The van der Waals surface area contributed by atoms with Crippen LogP contribution in [0.5, 0.6) is 5.75 Å². The van der Waals surface area contributed by atoms with Gasteiger partial charge in [0.2, 0.25) is 12.1 Å². The van der Waals surface area contributed by atoms with Crippen molar-refractivity contribution in [2.45, 2.75) is 57.0 Å². The fraction of sp³-hybridized carbons (Fsp3) is 0.452. The Kier molecular flexibility index (Phi) is 11.9. The van der Waals surface area contributed by atoms with Crippen LogP contribution in [0, 0.1) is 5.92 Å². The molecule has 4 rings (SSSR count). The molecule has 5 N–H and O–H groups in total. The first-order valence-corrected chi connectivity index (χ1v) is 16.2. The molecule has 4 unspecified atom stereocenters. The Labute approximate surface area is 265 Å². The van der Waals surface area contributed by atoms with Crippen molar-refractivity contribution in [3.8, 4) is 5.75 Å². The molecule has 0 saturated heterocycles. The fourth-order valence-corrected chi connectivity index (χ4v) is 6.42. The van der Waals surface area contributed by atoms with E-state index in [4.69, 9.17) is 9.26 Å². The molecule has 2 aromatic carbocycles. The van der Waals surface area contributed by atoms with E-state index in [1.54, 1.807) is 37.3 Å². The zero-order valence-corrected chi connectivity index (χ0v) is 26.6. The molecule has 1 aromatic heterocycles. The first-order chi connectivity index (χ1) is 22.0. The molecule has 0 aliphatic heterocycles. The SMILES string of the molecule is CCO[P+](=O)Cc1ccc(Nc2ncc(C(F)(F)F)c(Nc3ccc(C4CCC(O)C(CCO)C4)cc3C(=O)NC)n2)c(OC)c1. The summed E-state index contributed by atoms with van der Waals surface area (Å²) in [5, 5.41) is 27.8. The van der Waals surface area contributed by atoms with Gasteiger partial charge in [-0.2, -0.15) is 18.2 Å². The summed E-state index contributed by atoms with van der Waals surface area (Å²) in [6, 6.07) is 9.83.